The zero-order chi connectivity index (χ0) is 12.1. The highest BCUT2D eigenvalue weighted by molar-refractivity contribution is 5.30. The van der Waals surface area contributed by atoms with Crippen molar-refractivity contribution < 1.29 is 4.74 Å². The summed E-state index contributed by atoms with van der Waals surface area (Å²) in [6.45, 7) is 2.87. The van der Waals surface area contributed by atoms with Crippen molar-refractivity contribution in [2.45, 2.75) is 13.5 Å². The van der Waals surface area contributed by atoms with Crippen molar-refractivity contribution in [2.24, 2.45) is 0 Å². The van der Waals surface area contributed by atoms with E-state index in [1.807, 2.05) is 50.4 Å². The molecule has 88 valence electrons. The second-order valence-electron chi connectivity index (χ2n) is 3.95. The van der Waals surface area contributed by atoms with Crippen LogP contribution in [0.25, 0.3) is 0 Å². The average Bonchev–Trinajstić information content (AvgIpc) is 2.35. The van der Waals surface area contributed by atoms with Crippen molar-refractivity contribution in [3.05, 3.63) is 53.7 Å². The van der Waals surface area contributed by atoms with E-state index in [-0.39, 0.29) is 0 Å². The van der Waals surface area contributed by atoms with Gasteiger partial charge < -0.3 is 10.1 Å². The Morgan fingerprint density at radius 1 is 1.12 bits per heavy atom. The summed E-state index contributed by atoms with van der Waals surface area (Å²) in [4.78, 5) is 4.20. The number of aromatic nitrogens is 1. The first-order chi connectivity index (χ1) is 8.28. The van der Waals surface area contributed by atoms with Crippen molar-refractivity contribution in [1.82, 2.24) is 10.3 Å². The fraction of sp³-hybridized carbons (Fsp3) is 0.214. The molecule has 2 rings (SSSR count). The van der Waals surface area contributed by atoms with E-state index < -0.39 is 0 Å². The fourth-order valence-corrected chi connectivity index (χ4v) is 1.51. The van der Waals surface area contributed by atoms with E-state index in [9.17, 15) is 0 Å². The molecule has 0 spiro atoms. The maximum Gasteiger partial charge on any atom is 0.219 e. The smallest absolute Gasteiger partial charge is 0.219 e. The third kappa shape index (κ3) is 3.29. The summed E-state index contributed by atoms with van der Waals surface area (Å²) in [5.41, 5.74) is 2.36. The molecule has 0 radical (unpaired) electrons. The van der Waals surface area contributed by atoms with Gasteiger partial charge in [-0.05, 0) is 37.2 Å². The Hall–Kier alpha value is -1.87. The van der Waals surface area contributed by atoms with Crippen LogP contribution >= 0.6 is 0 Å². The molecule has 0 saturated carbocycles. The van der Waals surface area contributed by atoms with Crippen LogP contribution in [0.15, 0.2) is 42.6 Å². The predicted molar refractivity (Wildman–Crippen MR) is 68.3 cm³/mol. The molecule has 0 amide bonds. The first-order valence-electron chi connectivity index (χ1n) is 5.62. The van der Waals surface area contributed by atoms with Gasteiger partial charge in [-0.15, -0.1) is 0 Å². The Morgan fingerprint density at radius 2 is 1.88 bits per heavy atom. The predicted octanol–water partition coefficient (Wildman–Crippen LogP) is 2.90. The summed E-state index contributed by atoms with van der Waals surface area (Å²) in [6, 6.07) is 11.8. The lowest BCUT2D eigenvalue weighted by Gasteiger charge is -2.06. The largest absolute Gasteiger partial charge is 0.439 e. The quantitative estimate of drug-likeness (QED) is 0.873. The average molecular weight is 228 g/mol. The van der Waals surface area contributed by atoms with Crippen LogP contribution in [0.2, 0.25) is 0 Å². The molecule has 1 heterocycles. The molecular weight excluding hydrogens is 212 g/mol. The van der Waals surface area contributed by atoms with Gasteiger partial charge in [0.1, 0.15) is 5.75 Å². The van der Waals surface area contributed by atoms with Crippen molar-refractivity contribution in [3.8, 4) is 11.6 Å². The molecule has 3 heteroatoms. The van der Waals surface area contributed by atoms with Gasteiger partial charge in [0.05, 0.1) is 0 Å². The van der Waals surface area contributed by atoms with Gasteiger partial charge in [0, 0.05) is 18.8 Å². The number of nitrogens with one attached hydrogen (secondary N) is 1. The SMILES string of the molecule is CNCc1ccc(Oc2ccc(C)cn2)cc1. The molecule has 0 aliphatic rings. The van der Waals surface area contributed by atoms with Gasteiger partial charge in [0.15, 0.2) is 0 Å². The normalized spacial score (nSPS) is 10.2. The van der Waals surface area contributed by atoms with Crippen LogP contribution in [0.3, 0.4) is 0 Å². The van der Waals surface area contributed by atoms with Gasteiger partial charge >= 0.3 is 0 Å². The Labute approximate surface area is 101 Å². The zero-order valence-corrected chi connectivity index (χ0v) is 10.1. The first kappa shape index (κ1) is 11.6. The molecule has 0 bridgehead atoms. The van der Waals surface area contributed by atoms with Gasteiger partial charge in [-0.1, -0.05) is 18.2 Å². The molecule has 3 nitrogen and oxygen atoms in total. The van der Waals surface area contributed by atoms with Crippen molar-refractivity contribution in [1.29, 1.82) is 0 Å². The number of aryl methyl sites for hydroxylation is 1. The third-order valence-electron chi connectivity index (χ3n) is 2.41. The summed E-state index contributed by atoms with van der Waals surface area (Å²) in [7, 11) is 1.93. The molecule has 0 atom stereocenters. The van der Waals surface area contributed by atoms with Crippen LogP contribution in [0.4, 0.5) is 0 Å². The van der Waals surface area contributed by atoms with E-state index in [1.54, 1.807) is 6.20 Å². The molecule has 0 saturated heterocycles. The number of pyridine rings is 1. The fourth-order valence-electron chi connectivity index (χ4n) is 1.51. The lowest BCUT2D eigenvalue weighted by atomic mass is 10.2. The lowest BCUT2D eigenvalue weighted by Crippen LogP contribution is -2.04. The minimum absolute atomic E-state index is 0.622. The summed E-state index contributed by atoms with van der Waals surface area (Å²) >= 11 is 0. The number of benzene rings is 1. The van der Waals surface area contributed by atoms with E-state index in [0.29, 0.717) is 5.88 Å². The van der Waals surface area contributed by atoms with Gasteiger partial charge in [0.2, 0.25) is 5.88 Å². The monoisotopic (exact) mass is 228 g/mol. The van der Waals surface area contributed by atoms with Crippen LogP contribution in [-0.2, 0) is 6.54 Å². The summed E-state index contributed by atoms with van der Waals surface area (Å²) < 4.78 is 5.63. The molecule has 1 aromatic carbocycles. The molecule has 2 aromatic rings. The molecule has 1 N–H and O–H groups in total. The van der Waals surface area contributed by atoms with Gasteiger partial charge in [-0.2, -0.15) is 0 Å². The molecule has 1 aromatic heterocycles. The van der Waals surface area contributed by atoms with Crippen LogP contribution < -0.4 is 10.1 Å². The van der Waals surface area contributed by atoms with E-state index >= 15 is 0 Å². The maximum absolute atomic E-state index is 5.63. The standard InChI is InChI=1S/C14H16N2O/c1-11-3-8-14(16-9-11)17-13-6-4-12(5-7-13)10-15-2/h3-9,15H,10H2,1-2H3. The Morgan fingerprint density at radius 3 is 2.47 bits per heavy atom. The van der Waals surface area contributed by atoms with E-state index in [2.05, 4.69) is 10.3 Å². The molecule has 0 fully saturated rings. The maximum atomic E-state index is 5.63. The topological polar surface area (TPSA) is 34.1 Å². The first-order valence-corrected chi connectivity index (χ1v) is 5.62. The van der Waals surface area contributed by atoms with Crippen molar-refractivity contribution >= 4 is 0 Å². The molecule has 0 aliphatic carbocycles. The molecule has 0 aliphatic heterocycles. The summed E-state index contributed by atoms with van der Waals surface area (Å²) in [5.74, 6) is 1.43. The highest BCUT2D eigenvalue weighted by Gasteiger charge is 1.98. The molecule has 17 heavy (non-hydrogen) atoms. The number of nitrogens with zero attached hydrogens (tertiary/aromatic N) is 1. The zero-order valence-electron chi connectivity index (χ0n) is 10.1. The van der Waals surface area contributed by atoms with Gasteiger partial charge in [-0.25, -0.2) is 4.98 Å². The molecule has 0 unspecified atom stereocenters. The highest BCUT2D eigenvalue weighted by Crippen LogP contribution is 2.19. The Bertz CT molecular complexity index is 463. The number of rotatable bonds is 4. The minimum Gasteiger partial charge on any atom is -0.439 e. The second kappa shape index (κ2) is 5.46. The van der Waals surface area contributed by atoms with E-state index in [4.69, 9.17) is 4.74 Å². The number of hydrogen-bond acceptors (Lipinski definition) is 3. The van der Waals surface area contributed by atoms with Crippen LogP contribution in [0, 0.1) is 6.92 Å². The summed E-state index contributed by atoms with van der Waals surface area (Å²) in [5, 5.41) is 3.11. The second-order valence-corrected chi connectivity index (χ2v) is 3.95. The van der Waals surface area contributed by atoms with Crippen molar-refractivity contribution in [3.63, 3.8) is 0 Å². The highest BCUT2D eigenvalue weighted by atomic mass is 16.5. The van der Waals surface area contributed by atoms with Gasteiger partial charge in [-0.3, -0.25) is 0 Å². The van der Waals surface area contributed by atoms with Gasteiger partial charge in [0.25, 0.3) is 0 Å². The Balaban J connectivity index is 2.05. The lowest BCUT2D eigenvalue weighted by molar-refractivity contribution is 0.462. The number of hydrogen-bond donors (Lipinski definition) is 1. The van der Waals surface area contributed by atoms with E-state index in [0.717, 1.165) is 17.9 Å². The van der Waals surface area contributed by atoms with Crippen LogP contribution in [0.5, 0.6) is 11.6 Å². The van der Waals surface area contributed by atoms with Crippen molar-refractivity contribution in [2.75, 3.05) is 7.05 Å². The number of ether oxygens (including phenoxy) is 1. The molecular formula is C14H16N2O. The minimum atomic E-state index is 0.622. The third-order valence-corrected chi connectivity index (χ3v) is 2.41. The van der Waals surface area contributed by atoms with Crippen LogP contribution in [-0.4, -0.2) is 12.0 Å². The Kier molecular flexibility index (Phi) is 3.73. The van der Waals surface area contributed by atoms with Crippen LogP contribution in [0.1, 0.15) is 11.1 Å². The summed E-state index contributed by atoms with van der Waals surface area (Å²) in [6.07, 6.45) is 1.80. The van der Waals surface area contributed by atoms with E-state index in [1.165, 1.54) is 5.56 Å².